The van der Waals surface area contributed by atoms with Crippen molar-refractivity contribution in [3.63, 3.8) is 0 Å². The summed E-state index contributed by atoms with van der Waals surface area (Å²) in [4.78, 5) is 14.0. The first-order valence-corrected chi connectivity index (χ1v) is 6.87. The van der Waals surface area contributed by atoms with Gasteiger partial charge in [-0.05, 0) is 30.5 Å². The second kappa shape index (κ2) is 8.22. The molecule has 0 bridgehead atoms. The van der Waals surface area contributed by atoms with Gasteiger partial charge in [-0.2, -0.15) is 0 Å². The van der Waals surface area contributed by atoms with Crippen LogP contribution in [0.25, 0.3) is 0 Å². The van der Waals surface area contributed by atoms with Gasteiger partial charge in [0.25, 0.3) is 5.91 Å². The van der Waals surface area contributed by atoms with Crippen LogP contribution in [0.1, 0.15) is 18.4 Å². The minimum atomic E-state index is -0.348. The zero-order valence-corrected chi connectivity index (χ0v) is 13.3. The van der Waals surface area contributed by atoms with Crippen molar-refractivity contribution in [3.05, 3.63) is 29.8 Å². The van der Waals surface area contributed by atoms with E-state index in [1.54, 1.807) is 19.1 Å². The van der Waals surface area contributed by atoms with Crippen LogP contribution in [-0.4, -0.2) is 43.7 Å². The number of likely N-dealkylation sites (N-methyl/N-ethyl adjacent to an activating group) is 1. The first kappa shape index (κ1) is 17.8. The Morgan fingerprint density at radius 1 is 1.48 bits per heavy atom. The Morgan fingerprint density at radius 2 is 2.24 bits per heavy atom. The molecule has 1 saturated heterocycles. The summed E-state index contributed by atoms with van der Waals surface area (Å²) >= 11 is 0. The number of hydrogen-bond donors (Lipinski definition) is 1. The normalized spacial score (nSPS) is 20.7. The van der Waals surface area contributed by atoms with E-state index in [9.17, 15) is 4.79 Å². The van der Waals surface area contributed by atoms with Crippen LogP contribution in [0.15, 0.2) is 24.3 Å². The topological polar surface area (TPSA) is 64.8 Å². The van der Waals surface area contributed by atoms with Crippen molar-refractivity contribution in [1.29, 1.82) is 0 Å². The lowest BCUT2D eigenvalue weighted by molar-refractivity contribution is -0.141. The SMILES string of the molecule is COc1cccc(CN(C)C(=O)[C@@H]2CC[C@H](CN)O2)c1.Cl. The maximum atomic E-state index is 12.3. The number of methoxy groups -OCH3 is 1. The van der Waals surface area contributed by atoms with Crippen LogP contribution in [0.3, 0.4) is 0 Å². The van der Waals surface area contributed by atoms with Crippen LogP contribution >= 0.6 is 12.4 Å². The molecule has 1 aliphatic rings. The minimum Gasteiger partial charge on any atom is -0.497 e. The van der Waals surface area contributed by atoms with E-state index in [-0.39, 0.29) is 30.5 Å². The van der Waals surface area contributed by atoms with Gasteiger partial charge in [-0.3, -0.25) is 4.79 Å². The van der Waals surface area contributed by atoms with Crippen LogP contribution in [-0.2, 0) is 16.1 Å². The molecule has 1 amide bonds. The quantitative estimate of drug-likeness (QED) is 0.896. The molecule has 21 heavy (non-hydrogen) atoms. The number of nitrogens with two attached hydrogens (primary N) is 1. The number of hydrogen-bond acceptors (Lipinski definition) is 4. The highest BCUT2D eigenvalue weighted by Gasteiger charge is 2.31. The second-order valence-electron chi connectivity index (χ2n) is 5.11. The molecule has 0 unspecified atom stereocenters. The van der Waals surface area contributed by atoms with E-state index in [0.29, 0.717) is 13.1 Å². The third kappa shape index (κ3) is 4.59. The molecule has 1 aromatic rings. The van der Waals surface area contributed by atoms with Crippen molar-refractivity contribution in [3.8, 4) is 5.75 Å². The third-order valence-electron chi connectivity index (χ3n) is 3.58. The summed E-state index contributed by atoms with van der Waals surface area (Å²) in [6, 6.07) is 7.71. The molecule has 2 atom stereocenters. The lowest BCUT2D eigenvalue weighted by Crippen LogP contribution is -2.36. The van der Waals surface area contributed by atoms with Crippen LogP contribution in [0, 0.1) is 0 Å². The first-order valence-electron chi connectivity index (χ1n) is 6.87. The summed E-state index contributed by atoms with van der Waals surface area (Å²) in [7, 11) is 3.42. The summed E-state index contributed by atoms with van der Waals surface area (Å²) in [5.41, 5.74) is 6.60. The van der Waals surface area contributed by atoms with E-state index in [0.717, 1.165) is 24.2 Å². The molecule has 6 heteroatoms. The average Bonchev–Trinajstić information content (AvgIpc) is 2.95. The predicted octanol–water partition coefficient (Wildman–Crippen LogP) is 1.58. The van der Waals surface area contributed by atoms with Crippen molar-refractivity contribution >= 4 is 18.3 Å². The summed E-state index contributed by atoms with van der Waals surface area (Å²) in [6.07, 6.45) is 1.29. The number of benzene rings is 1. The van der Waals surface area contributed by atoms with Gasteiger partial charge in [0.15, 0.2) is 0 Å². The van der Waals surface area contributed by atoms with E-state index < -0.39 is 0 Å². The van der Waals surface area contributed by atoms with Crippen LogP contribution < -0.4 is 10.5 Å². The van der Waals surface area contributed by atoms with Gasteiger partial charge in [-0.15, -0.1) is 12.4 Å². The van der Waals surface area contributed by atoms with Gasteiger partial charge in [0.2, 0.25) is 0 Å². The highest BCUT2D eigenvalue weighted by Crippen LogP contribution is 2.21. The maximum absolute atomic E-state index is 12.3. The lowest BCUT2D eigenvalue weighted by Gasteiger charge is -2.21. The fraction of sp³-hybridized carbons (Fsp3) is 0.533. The van der Waals surface area contributed by atoms with Crippen molar-refractivity contribution in [2.45, 2.75) is 31.6 Å². The van der Waals surface area contributed by atoms with Crippen molar-refractivity contribution < 1.29 is 14.3 Å². The zero-order valence-electron chi connectivity index (χ0n) is 12.5. The number of rotatable bonds is 5. The minimum absolute atomic E-state index is 0. The molecular weight excluding hydrogens is 292 g/mol. The Balaban J connectivity index is 0.00000220. The molecule has 0 radical (unpaired) electrons. The van der Waals surface area contributed by atoms with E-state index in [1.807, 2.05) is 24.3 Å². The van der Waals surface area contributed by atoms with Crippen LogP contribution in [0.4, 0.5) is 0 Å². The monoisotopic (exact) mass is 314 g/mol. The highest BCUT2D eigenvalue weighted by molar-refractivity contribution is 5.85. The summed E-state index contributed by atoms with van der Waals surface area (Å²) in [6.45, 7) is 1.02. The Labute approximate surface area is 131 Å². The van der Waals surface area contributed by atoms with Gasteiger partial charge in [-0.25, -0.2) is 0 Å². The maximum Gasteiger partial charge on any atom is 0.251 e. The number of nitrogens with zero attached hydrogens (tertiary/aromatic N) is 1. The summed E-state index contributed by atoms with van der Waals surface area (Å²) in [5, 5.41) is 0. The lowest BCUT2D eigenvalue weighted by atomic mass is 10.1. The third-order valence-corrected chi connectivity index (χ3v) is 3.58. The van der Waals surface area contributed by atoms with Crippen molar-refractivity contribution in [2.24, 2.45) is 5.73 Å². The zero-order chi connectivity index (χ0) is 14.5. The van der Waals surface area contributed by atoms with Gasteiger partial charge in [-0.1, -0.05) is 12.1 Å². The van der Waals surface area contributed by atoms with Gasteiger partial charge >= 0.3 is 0 Å². The van der Waals surface area contributed by atoms with Crippen LogP contribution in [0.2, 0.25) is 0 Å². The predicted molar refractivity (Wildman–Crippen MR) is 83.7 cm³/mol. The second-order valence-corrected chi connectivity index (χ2v) is 5.11. The molecule has 1 aromatic carbocycles. The molecule has 118 valence electrons. The highest BCUT2D eigenvalue weighted by atomic mass is 35.5. The van der Waals surface area contributed by atoms with Crippen molar-refractivity contribution in [2.75, 3.05) is 20.7 Å². The number of carbonyl (C=O) groups is 1. The standard InChI is InChI=1S/C15H22N2O3.ClH/c1-17(10-11-4-3-5-12(8-11)19-2)15(18)14-7-6-13(9-16)20-14;/h3-5,8,13-14H,6-7,9-10,16H2,1-2H3;1H/t13-,14+;/m1./s1. The van der Waals surface area contributed by atoms with Gasteiger partial charge in [0, 0.05) is 20.1 Å². The fourth-order valence-electron chi connectivity index (χ4n) is 2.43. The van der Waals surface area contributed by atoms with Gasteiger partial charge in [0.05, 0.1) is 13.2 Å². The number of carbonyl (C=O) groups excluding carboxylic acids is 1. The van der Waals surface area contributed by atoms with Gasteiger partial charge < -0.3 is 20.1 Å². The Kier molecular flexibility index (Phi) is 6.95. The average molecular weight is 315 g/mol. The summed E-state index contributed by atoms with van der Waals surface area (Å²) < 4.78 is 10.8. The number of ether oxygens (including phenoxy) is 2. The van der Waals surface area contributed by atoms with E-state index >= 15 is 0 Å². The molecule has 5 nitrogen and oxygen atoms in total. The van der Waals surface area contributed by atoms with Crippen LogP contribution in [0.5, 0.6) is 5.75 Å². The molecule has 1 heterocycles. The fourth-order valence-corrected chi connectivity index (χ4v) is 2.43. The first-order chi connectivity index (χ1) is 9.63. The summed E-state index contributed by atoms with van der Waals surface area (Å²) in [5.74, 6) is 0.812. The Morgan fingerprint density at radius 3 is 2.86 bits per heavy atom. The number of halogens is 1. The molecule has 0 spiro atoms. The van der Waals surface area contributed by atoms with Crippen molar-refractivity contribution in [1.82, 2.24) is 4.90 Å². The molecule has 0 aliphatic carbocycles. The Bertz CT molecular complexity index is 470. The van der Waals surface area contributed by atoms with E-state index in [4.69, 9.17) is 15.2 Å². The molecule has 1 fully saturated rings. The smallest absolute Gasteiger partial charge is 0.251 e. The van der Waals surface area contributed by atoms with E-state index in [1.165, 1.54) is 0 Å². The Hall–Kier alpha value is -1.30. The molecule has 2 N–H and O–H groups in total. The molecular formula is C15H23ClN2O3. The largest absolute Gasteiger partial charge is 0.497 e. The molecule has 2 rings (SSSR count). The molecule has 0 aromatic heterocycles. The van der Waals surface area contributed by atoms with E-state index in [2.05, 4.69) is 0 Å². The molecule has 1 aliphatic heterocycles. The number of amides is 1. The molecule has 0 saturated carbocycles. The van der Waals surface area contributed by atoms with Gasteiger partial charge in [0.1, 0.15) is 11.9 Å².